The van der Waals surface area contributed by atoms with Crippen molar-refractivity contribution in [2.45, 2.75) is 69.1 Å². The van der Waals surface area contributed by atoms with Gasteiger partial charge in [0.15, 0.2) is 0 Å². The Labute approximate surface area is 231 Å². The van der Waals surface area contributed by atoms with Crippen LogP contribution in [-0.4, -0.2) is 58.3 Å². The van der Waals surface area contributed by atoms with E-state index in [-0.39, 0.29) is 4.90 Å². The minimum atomic E-state index is -3.81. The molecule has 10 nitrogen and oxygen atoms in total. The van der Waals surface area contributed by atoms with E-state index < -0.39 is 43.3 Å². The maximum atomic E-state index is 13.5. The maximum Gasteiger partial charge on any atom is 0.257 e. The zero-order valence-electron chi connectivity index (χ0n) is 22.8. The largest absolute Gasteiger partial charge is 0.395 e. The predicted octanol–water partition coefficient (Wildman–Crippen LogP) is 3.52. The van der Waals surface area contributed by atoms with Crippen LogP contribution < -0.4 is 19.7 Å². The molecular weight excluding hydrogens is 540 g/mol. The number of rotatable bonds is 9. The SMILES string of the molecule is C[C@H](CO)S(=O)(=O)Nc1ccc(C(=O)Nc2cccc(S(=O)(=O)NC(C)(C)C)c2)c(N2CCC3(CC2)CC3)c1. The van der Waals surface area contributed by atoms with Gasteiger partial charge in [0.25, 0.3) is 5.91 Å². The second-order valence-corrected chi connectivity index (χ2v) is 15.5. The summed E-state index contributed by atoms with van der Waals surface area (Å²) in [6, 6.07) is 10.8. The van der Waals surface area contributed by atoms with Gasteiger partial charge in [0, 0.05) is 24.3 Å². The molecule has 2 aromatic carbocycles. The van der Waals surface area contributed by atoms with Crippen molar-refractivity contribution < 1.29 is 26.7 Å². The van der Waals surface area contributed by atoms with Crippen LogP contribution in [0.4, 0.5) is 17.1 Å². The number of carbonyl (C=O) groups is 1. The first-order valence-corrected chi connectivity index (χ1v) is 16.1. The molecule has 2 aromatic rings. The summed E-state index contributed by atoms with van der Waals surface area (Å²) in [6.07, 6.45) is 4.45. The summed E-state index contributed by atoms with van der Waals surface area (Å²) in [4.78, 5) is 15.6. The Morgan fingerprint density at radius 3 is 2.26 bits per heavy atom. The third-order valence-electron chi connectivity index (χ3n) is 7.25. The van der Waals surface area contributed by atoms with Crippen LogP contribution in [-0.2, 0) is 20.0 Å². The Kier molecular flexibility index (Phi) is 8.06. The molecule has 12 heteroatoms. The zero-order chi connectivity index (χ0) is 28.6. The van der Waals surface area contributed by atoms with Crippen molar-refractivity contribution in [3.05, 3.63) is 48.0 Å². The molecule has 0 radical (unpaired) electrons. The molecule has 1 spiro atoms. The molecular formula is C27H38N4O6S2. The van der Waals surface area contributed by atoms with Gasteiger partial charge in [0.2, 0.25) is 20.0 Å². The highest BCUT2D eigenvalue weighted by Gasteiger charge is 2.44. The van der Waals surface area contributed by atoms with Gasteiger partial charge in [-0.3, -0.25) is 9.52 Å². The molecule has 0 aromatic heterocycles. The Morgan fingerprint density at radius 2 is 1.67 bits per heavy atom. The molecule has 2 fully saturated rings. The topological polar surface area (TPSA) is 145 Å². The van der Waals surface area contributed by atoms with E-state index in [9.17, 15) is 26.7 Å². The van der Waals surface area contributed by atoms with E-state index in [0.717, 1.165) is 25.9 Å². The summed E-state index contributed by atoms with van der Waals surface area (Å²) < 4.78 is 55.8. The van der Waals surface area contributed by atoms with E-state index >= 15 is 0 Å². The van der Waals surface area contributed by atoms with Crippen molar-refractivity contribution in [3.8, 4) is 0 Å². The van der Waals surface area contributed by atoms with Crippen LogP contribution in [0.2, 0.25) is 0 Å². The van der Waals surface area contributed by atoms with E-state index in [0.29, 0.717) is 28.0 Å². The molecule has 1 aliphatic carbocycles. The molecule has 214 valence electrons. The number of amides is 1. The summed E-state index contributed by atoms with van der Waals surface area (Å²) >= 11 is 0. The number of benzene rings is 2. The Morgan fingerprint density at radius 1 is 1.00 bits per heavy atom. The van der Waals surface area contributed by atoms with Gasteiger partial charge >= 0.3 is 0 Å². The Bertz CT molecular complexity index is 1440. The van der Waals surface area contributed by atoms with E-state index in [1.165, 1.54) is 38.0 Å². The summed E-state index contributed by atoms with van der Waals surface area (Å²) in [5.74, 6) is -0.437. The van der Waals surface area contributed by atoms with Gasteiger partial charge < -0.3 is 15.3 Å². The average Bonchev–Trinajstić information content (AvgIpc) is 3.61. The summed E-state index contributed by atoms with van der Waals surface area (Å²) in [5, 5.41) is 11.1. The number of piperidine rings is 1. The van der Waals surface area contributed by atoms with E-state index in [4.69, 9.17) is 0 Å². The number of aliphatic hydroxyl groups excluding tert-OH is 1. The molecule has 0 bridgehead atoms. The lowest BCUT2D eigenvalue weighted by Crippen LogP contribution is -2.40. The van der Waals surface area contributed by atoms with Crippen molar-refractivity contribution in [1.29, 1.82) is 0 Å². The lowest BCUT2D eigenvalue weighted by atomic mass is 9.93. The lowest BCUT2D eigenvalue weighted by molar-refractivity contribution is 0.102. The van der Waals surface area contributed by atoms with Crippen molar-refractivity contribution in [3.63, 3.8) is 0 Å². The highest BCUT2D eigenvalue weighted by atomic mass is 32.2. The van der Waals surface area contributed by atoms with E-state index in [1.807, 2.05) is 0 Å². The molecule has 1 amide bonds. The van der Waals surface area contributed by atoms with Crippen LogP contribution in [0.25, 0.3) is 0 Å². The van der Waals surface area contributed by atoms with Gasteiger partial charge in [0.1, 0.15) is 5.25 Å². The Balaban J connectivity index is 1.62. The quantitative estimate of drug-likeness (QED) is 0.356. The fraction of sp³-hybridized carbons (Fsp3) is 0.519. The summed E-state index contributed by atoms with van der Waals surface area (Å²) in [7, 11) is -7.61. The van der Waals surface area contributed by atoms with Crippen molar-refractivity contribution in [2.75, 3.05) is 34.6 Å². The van der Waals surface area contributed by atoms with Gasteiger partial charge in [0.05, 0.1) is 28.4 Å². The highest BCUT2D eigenvalue weighted by molar-refractivity contribution is 7.93. The number of hydrogen-bond acceptors (Lipinski definition) is 7. The lowest BCUT2D eigenvalue weighted by Gasteiger charge is -2.35. The zero-order valence-corrected chi connectivity index (χ0v) is 24.5. The first kappa shape index (κ1) is 29.3. The van der Waals surface area contributed by atoms with Crippen molar-refractivity contribution in [1.82, 2.24) is 4.72 Å². The normalized spacial score (nSPS) is 18.0. The summed E-state index contributed by atoms with van der Waals surface area (Å²) in [5.41, 5.74) is 1.30. The van der Waals surface area contributed by atoms with E-state index in [1.54, 1.807) is 45.0 Å². The number of nitrogens with one attached hydrogen (secondary N) is 3. The molecule has 0 unspecified atom stereocenters. The fourth-order valence-electron chi connectivity index (χ4n) is 4.71. The highest BCUT2D eigenvalue weighted by Crippen LogP contribution is 2.54. The molecule has 4 rings (SSSR count). The number of sulfonamides is 2. The van der Waals surface area contributed by atoms with Crippen LogP contribution in [0.1, 0.15) is 63.7 Å². The Hall–Kier alpha value is -2.67. The van der Waals surface area contributed by atoms with Crippen LogP contribution in [0.15, 0.2) is 47.4 Å². The van der Waals surface area contributed by atoms with Crippen molar-refractivity contribution in [2.24, 2.45) is 5.41 Å². The second-order valence-electron chi connectivity index (χ2n) is 11.7. The number of anilines is 3. The van der Waals surface area contributed by atoms with Gasteiger partial charge in [-0.15, -0.1) is 0 Å². The maximum absolute atomic E-state index is 13.5. The monoisotopic (exact) mass is 578 g/mol. The standard InChI is InChI=1S/C27H38N4O6S2/c1-19(18-32)38(34,35)29-21-8-9-23(24(17-21)31-14-12-27(10-11-27)13-15-31)25(33)28-20-6-5-7-22(16-20)39(36,37)30-26(2,3)4/h5-9,16-17,19,29-30,32H,10-15,18H2,1-4H3,(H,28,33)/t19-/m1/s1. The van der Waals surface area contributed by atoms with E-state index in [2.05, 4.69) is 19.7 Å². The number of hydrogen-bond donors (Lipinski definition) is 4. The van der Waals surface area contributed by atoms with Gasteiger partial charge in [-0.1, -0.05) is 6.07 Å². The van der Waals surface area contributed by atoms with Gasteiger partial charge in [-0.25, -0.2) is 21.6 Å². The molecule has 4 N–H and O–H groups in total. The fourth-order valence-corrected chi connectivity index (χ4v) is 7.03. The molecule has 39 heavy (non-hydrogen) atoms. The molecule has 1 saturated carbocycles. The molecule has 2 aliphatic rings. The molecule has 1 atom stereocenters. The van der Waals surface area contributed by atoms with Crippen LogP contribution in [0.3, 0.4) is 0 Å². The molecule has 1 heterocycles. The first-order valence-electron chi connectivity index (χ1n) is 13.1. The number of aliphatic hydroxyl groups is 1. The first-order chi connectivity index (χ1) is 18.1. The van der Waals surface area contributed by atoms with Crippen LogP contribution >= 0.6 is 0 Å². The number of nitrogens with zero attached hydrogens (tertiary/aromatic N) is 1. The molecule has 1 aliphatic heterocycles. The van der Waals surface area contributed by atoms with Gasteiger partial charge in [-0.2, -0.15) is 0 Å². The second kappa shape index (κ2) is 10.7. The predicted molar refractivity (Wildman–Crippen MR) is 153 cm³/mol. The van der Waals surface area contributed by atoms with Crippen LogP contribution in [0.5, 0.6) is 0 Å². The van der Waals surface area contributed by atoms with Gasteiger partial charge in [-0.05, 0) is 95.2 Å². The van der Waals surface area contributed by atoms with Crippen LogP contribution in [0, 0.1) is 5.41 Å². The minimum absolute atomic E-state index is 0.0315. The minimum Gasteiger partial charge on any atom is -0.395 e. The smallest absolute Gasteiger partial charge is 0.257 e. The third kappa shape index (κ3) is 7.10. The third-order valence-corrected chi connectivity index (χ3v) is 10.7. The average molecular weight is 579 g/mol. The number of carbonyl (C=O) groups excluding carboxylic acids is 1. The van der Waals surface area contributed by atoms with Crippen molar-refractivity contribution >= 4 is 43.0 Å². The summed E-state index contributed by atoms with van der Waals surface area (Å²) in [6.45, 7) is 7.63. The molecule has 1 saturated heterocycles.